The second-order valence-corrected chi connectivity index (χ2v) is 8.19. The number of aryl methyl sites for hydroxylation is 2. The molecule has 0 aromatic heterocycles. The summed E-state index contributed by atoms with van der Waals surface area (Å²) in [6.45, 7) is 8.44. The van der Waals surface area contributed by atoms with Gasteiger partial charge in [0, 0.05) is 19.0 Å². The number of carbonyl (C=O) groups is 2. The Balaban J connectivity index is 1.72. The van der Waals surface area contributed by atoms with E-state index < -0.39 is 6.04 Å². The lowest BCUT2D eigenvalue weighted by molar-refractivity contribution is -0.140. The van der Waals surface area contributed by atoms with Crippen LogP contribution in [-0.4, -0.2) is 35.6 Å². The van der Waals surface area contributed by atoms with Crippen molar-refractivity contribution in [1.82, 2.24) is 10.2 Å². The molecule has 1 N–H and O–H groups in total. The van der Waals surface area contributed by atoms with Gasteiger partial charge in [0.1, 0.15) is 6.04 Å². The first-order valence-corrected chi connectivity index (χ1v) is 10.9. The maximum absolute atomic E-state index is 13.2. The molecule has 0 saturated heterocycles. The van der Waals surface area contributed by atoms with Crippen molar-refractivity contribution in [2.45, 2.75) is 65.6 Å². The zero-order valence-electron chi connectivity index (χ0n) is 18.8. The number of hydrogen-bond donors (Lipinski definition) is 1. The molecule has 0 spiro atoms. The standard InChI is InChI=1S/C25H32N2O4/c1-5-18(3)26-25(29)19(4)27(15-21-8-6-7-17(2)13-21)24(28)12-10-20-9-11-22-23(14-20)31-16-30-22/h6-9,11,13-14,18-19H,5,10,12,15-16H2,1-4H3,(H,26,29)/t18-,19+/m0/s1. The van der Waals surface area contributed by atoms with Gasteiger partial charge in [0.05, 0.1) is 0 Å². The summed E-state index contributed by atoms with van der Waals surface area (Å²) in [5, 5.41) is 3.00. The summed E-state index contributed by atoms with van der Waals surface area (Å²) in [7, 11) is 0. The average Bonchev–Trinajstić information content (AvgIpc) is 3.23. The van der Waals surface area contributed by atoms with Crippen molar-refractivity contribution in [1.29, 1.82) is 0 Å². The van der Waals surface area contributed by atoms with Crippen LogP contribution in [0.1, 0.15) is 50.3 Å². The first-order chi connectivity index (χ1) is 14.9. The second kappa shape index (κ2) is 10.3. The Kier molecular flexibility index (Phi) is 7.55. The Labute approximate surface area is 184 Å². The van der Waals surface area contributed by atoms with Crippen molar-refractivity contribution in [2.24, 2.45) is 0 Å². The van der Waals surface area contributed by atoms with Crippen LogP contribution < -0.4 is 14.8 Å². The lowest BCUT2D eigenvalue weighted by Crippen LogP contribution is -2.49. The number of nitrogens with one attached hydrogen (secondary N) is 1. The maximum atomic E-state index is 13.2. The van der Waals surface area contributed by atoms with E-state index in [2.05, 4.69) is 11.4 Å². The smallest absolute Gasteiger partial charge is 0.242 e. The zero-order chi connectivity index (χ0) is 22.4. The van der Waals surface area contributed by atoms with Crippen LogP contribution in [0.5, 0.6) is 11.5 Å². The van der Waals surface area contributed by atoms with E-state index in [0.717, 1.165) is 28.9 Å². The van der Waals surface area contributed by atoms with Crippen molar-refractivity contribution >= 4 is 11.8 Å². The van der Waals surface area contributed by atoms with Crippen LogP contribution in [0.2, 0.25) is 0 Å². The summed E-state index contributed by atoms with van der Waals surface area (Å²) in [5.74, 6) is 1.26. The van der Waals surface area contributed by atoms with Gasteiger partial charge >= 0.3 is 0 Å². The molecule has 2 atom stereocenters. The van der Waals surface area contributed by atoms with E-state index in [1.807, 2.05) is 57.2 Å². The summed E-state index contributed by atoms with van der Waals surface area (Å²) in [4.78, 5) is 27.7. The molecule has 6 nitrogen and oxygen atoms in total. The van der Waals surface area contributed by atoms with Gasteiger partial charge in [-0.1, -0.05) is 42.8 Å². The minimum absolute atomic E-state index is 0.0500. The number of benzene rings is 2. The zero-order valence-corrected chi connectivity index (χ0v) is 18.8. The molecule has 0 saturated carbocycles. The van der Waals surface area contributed by atoms with Gasteiger partial charge in [-0.15, -0.1) is 0 Å². The van der Waals surface area contributed by atoms with Crippen molar-refractivity contribution < 1.29 is 19.1 Å². The second-order valence-electron chi connectivity index (χ2n) is 8.19. The molecule has 0 aliphatic carbocycles. The van der Waals surface area contributed by atoms with E-state index in [0.29, 0.717) is 25.1 Å². The summed E-state index contributed by atoms with van der Waals surface area (Å²) in [5.41, 5.74) is 3.14. The van der Waals surface area contributed by atoms with Gasteiger partial charge in [-0.25, -0.2) is 0 Å². The van der Waals surface area contributed by atoms with Gasteiger partial charge in [0.2, 0.25) is 18.6 Å². The molecule has 166 valence electrons. The fourth-order valence-corrected chi connectivity index (χ4v) is 3.55. The Morgan fingerprint density at radius 2 is 1.84 bits per heavy atom. The largest absolute Gasteiger partial charge is 0.454 e. The Hall–Kier alpha value is -3.02. The molecular formula is C25H32N2O4. The predicted molar refractivity (Wildman–Crippen MR) is 120 cm³/mol. The Morgan fingerprint density at radius 1 is 1.06 bits per heavy atom. The van der Waals surface area contributed by atoms with Crippen LogP contribution in [-0.2, 0) is 22.6 Å². The van der Waals surface area contributed by atoms with Gasteiger partial charge in [-0.2, -0.15) is 0 Å². The summed E-state index contributed by atoms with van der Waals surface area (Å²) < 4.78 is 10.8. The summed E-state index contributed by atoms with van der Waals surface area (Å²) in [6.07, 6.45) is 1.72. The van der Waals surface area contributed by atoms with E-state index in [1.165, 1.54) is 0 Å². The molecule has 2 amide bonds. The number of ether oxygens (including phenoxy) is 2. The van der Waals surface area contributed by atoms with Crippen molar-refractivity contribution in [2.75, 3.05) is 6.79 Å². The molecular weight excluding hydrogens is 392 g/mol. The van der Waals surface area contributed by atoms with Crippen LogP contribution in [0.15, 0.2) is 42.5 Å². The number of fused-ring (bicyclic) bond motifs is 1. The number of nitrogens with zero attached hydrogens (tertiary/aromatic N) is 1. The maximum Gasteiger partial charge on any atom is 0.242 e. The van der Waals surface area contributed by atoms with E-state index in [9.17, 15) is 9.59 Å². The molecule has 0 fully saturated rings. The SMILES string of the molecule is CC[C@H](C)NC(=O)[C@@H](C)N(Cc1cccc(C)c1)C(=O)CCc1ccc2c(c1)OCO2. The third-order valence-corrected chi connectivity index (χ3v) is 5.67. The lowest BCUT2D eigenvalue weighted by atomic mass is 10.1. The van der Waals surface area contributed by atoms with Gasteiger partial charge in [0.15, 0.2) is 11.5 Å². The van der Waals surface area contributed by atoms with Crippen LogP contribution in [0.3, 0.4) is 0 Å². The average molecular weight is 425 g/mol. The molecule has 1 aliphatic heterocycles. The predicted octanol–water partition coefficient (Wildman–Crippen LogP) is 3.99. The first-order valence-electron chi connectivity index (χ1n) is 10.9. The molecule has 31 heavy (non-hydrogen) atoms. The minimum atomic E-state index is -0.557. The molecule has 0 radical (unpaired) electrons. The van der Waals surface area contributed by atoms with Gasteiger partial charge in [-0.05, 0) is 56.9 Å². The highest BCUT2D eigenvalue weighted by Crippen LogP contribution is 2.32. The van der Waals surface area contributed by atoms with Crippen molar-refractivity contribution in [3.63, 3.8) is 0 Å². The third kappa shape index (κ3) is 6.00. The van der Waals surface area contributed by atoms with Gasteiger partial charge in [-0.3, -0.25) is 9.59 Å². The highest BCUT2D eigenvalue weighted by atomic mass is 16.7. The van der Waals surface area contributed by atoms with Crippen molar-refractivity contribution in [3.05, 3.63) is 59.2 Å². The van der Waals surface area contributed by atoms with E-state index in [1.54, 1.807) is 11.8 Å². The van der Waals surface area contributed by atoms with Crippen LogP contribution >= 0.6 is 0 Å². The Bertz CT molecular complexity index is 927. The summed E-state index contributed by atoms with van der Waals surface area (Å²) >= 11 is 0. The molecule has 2 aromatic rings. The molecule has 0 bridgehead atoms. The number of carbonyl (C=O) groups excluding carboxylic acids is 2. The quantitative estimate of drug-likeness (QED) is 0.661. The lowest BCUT2D eigenvalue weighted by Gasteiger charge is -2.30. The molecule has 1 heterocycles. The van der Waals surface area contributed by atoms with Gasteiger partial charge in [0.25, 0.3) is 0 Å². The highest BCUT2D eigenvalue weighted by Gasteiger charge is 2.26. The van der Waals surface area contributed by atoms with Crippen molar-refractivity contribution in [3.8, 4) is 11.5 Å². The van der Waals surface area contributed by atoms with E-state index in [-0.39, 0.29) is 24.6 Å². The van der Waals surface area contributed by atoms with Crippen LogP contribution in [0.25, 0.3) is 0 Å². The molecule has 2 aromatic carbocycles. The third-order valence-electron chi connectivity index (χ3n) is 5.67. The first kappa shape index (κ1) is 22.7. The topological polar surface area (TPSA) is 67.9 Å². The molecule has 1 aliphatic rings. The fraction of sp³-hybridized carbons (Fsp3) is 0.440. The molecule has 6 heteroatoms. The number of amides is 2. The number of rotatable bonds is 9. The minimum Gasteiger partial charge on any atom is -0.454 e. The normalized spacial score (nSPS) is 14.1. The fourth-order valence-electron chi connectivity index (χ4n) is 3.55. The number of hydrogen-bond acceptors (Lipinski definition) is 4. The summed E-state index contributed by atoms with van der Waals surface area (Å²) in [6, 6.07) is 13.3. The van der Waals surface area contributed by atoms with Crippen LogP contribution in [0.4, 0.5) is 0 Å². The molecule has 3 rings (SSSR count). The van der Waals surface area contributed by atoms with Crippen LogP contribution in [0, 0.1) is 6.92 Å². The Morgan fingerprint density at radius 3 is 2.58 bits per heavy atom. The van der Waals surface area contributed by atoms with Gasteiger partial charge < -0.3 is 19.7 Å². The van der Waals surface area contributed by atoms with E-state index >= 15 is 0 Å². The monoisotopic (exact) mass is 424 g/mol. The highest BCUT2D eigenvalue weighted by molar-refractivity contribution is 5.87. The van der Waals surface area contributed by atoms with E-state index in [4.69, 9.17) is 9.47 Å². The molecule has 0 unspecified atom stereocenters.